The van der Waals surface area contributed by atoms with Crippen molar-refractivity contribution in [3.05, 3.63) is 0 Å². The zero-order valence-corrected chi connectivity index (χ0v) is 16.0. The molecule has 0 radical (unpaired) electrons. The van der Waals surface area contributed by atoms with E-state index < -0.39 is 10.4 Å². The number of unbranched alkanes of at least 4 members (excludes halogenated alkanes) is 4. The SMILES string of the molecule is O=S(=O)(O)O.SCCNCCCCCCCC1CCCCCC1. The Bertz CT molecular complexity index is 334. The lowest BCUT2D eigenvalue weighted by molar-refractivity contribution is 0.381. The molecule has 0 bridgehead atoms. The summed E-state index contributed by atoms with van der Waals surface area (Å²) in [4.78, 5) is 0. The molecule has 1 saturated carbocycles. The highest BCUT2D eigenvalue weighted by molar-refractivity contribution is 7.80. The molecule has 3 N–H and O–H groups in total. The Morgan fingerprint density at radius 3 is 1.96 bits per heavy atom. The Kier molecular flexibility index (Phi) is 15.8. The van der Waals surface area contributed by atoms with Crippen LogP contribution in [0.4, 0.5) is 0 Å². The number of hydrogen-bond donors (Lipinski definition) is 4. The van der Waals surface area contributed by atoms with E-state index in [2.05, 4.69) is 17.9 Å². The average Bonchev–Trinajstić information content (AvgIpc) is 2.72. The van der Waals surface area contributed by atoms with Gasteiger partial charge < -0.3 is 5.32 Å². The Morgan fingerprint density at radius 1 is 0.870 bits per heavy atom. The number of hydrogen-bond acceptors (Lipinski definition) is 4. The standard InChI is InChI=1S/C16H33NS.H2O4S/c18-15-14-17-13-9-5-1-2-6-10-16-11-7-3-4-8-12-16;1-5(2,3)4/h16-18H,1-15H2;(H2,1,2,3,4). The van der Waals surface area contributed by atoms with Gasteiger partial charge in [-0.2, -0.15) is 21.0 Å². The van der Waals surface area contributed by atoms with Gasteiger partial charge in [-0.1, -0.05) is 70.6 Å². The molecule has 0 aromatic heterocycles. The van der Waals surface area contributed by atoms with Gasteiger partial charge in [-0.15, -0.1) is 0 Å². The quantitative estimate of drug-likeness (QED) is 0.201. The molecule has 0 aliphatic heterocycles. The summed E-state index contributed by atoms with van der Waals surface area (Å²) in [6, 6.07) is 0. The summed E-state index contributed by atoms with van der Waals surface area (Å²) in [5.74, 6) is 2.03. The smallest absolute Gasteiger partial charge is 0.316 e. The molecule has 0 spiro atoms. The van der Waals surface area contributed by atoms with Gasteiger partial charge >= 0.3 is 10.4 Å². The van der Waals surface area contributed by atoms with Crippen molar-refractivity contribution >= 4 is 23.0 Å². The monoisotopic (exact) mass is 369 g/mol. The fraction of sp³-hybridized carbons (Fsp3) is 1.00. The maximum absolute atomic E-state index is 8.74. The van der Waals surface area contributed by atoms with Crippen molar-refractivity contribution in [3.8, 4) is 0 Å². The van der Waals surface area contributed by atoms with Crippen LogP contribution >= 0.6 is 12.6 Å². The third-order valence-electron chi connectivity index (χ3n) is 4.23. The molecule has 5 nitrogen and oxygen atoms in total. The van der Waals surface area contributed by atoms with Crippen LogP contribution in [0.1, 0.15) is 77.0 Å². The van der Waals surface area contributed by atoms with Gasteiger partial charge in [0.15, 0.2) is 0 Å². The number of thiol groups is 1. The van der Waals surface area contributed by atoms with E-state index in [0.717, 1.165) is 18.2 Å². The maximum atomic E-state index is 8.74. The Labute approximate surface area is 148 Å². The van der Waals surface area contributed by atoms with E-state index in [0.29, 0.717) is 0 Å². The maximum Gasteiger partial charge on any atom is 0.394 e. The van der Waals surface area contributed by atoms with Crippen LogP contribution in [-0.4, -0.2) is 36.4 Å². The Balaban J connectivity index is 0.000000841. The molecule has 140 valence electrons. The molecule has 0 atom stereocenters. The molecule has 1 aliphatic carbocycles. The van der Waals surface area contributed by atoms with Gasteiger partial charge in [-0.25, -0.2) is 0 Å². The van der Waals surface area contributed by atoms with E-state index in [1.807, 2.05) is 0 Å². The van der Waals surface area contributed by atoms with Gasteiger partial charge in [-0.05, 0) is 18.9 Å². The van der Waals surface area contributed by atoms with E-state index in [9.17, 15) is 0 Å². The van der Waals surface area contributed by atoms with Crippen LogP contribution in [0.3, 0.4) is 0 Å². The third kappa shape index (κ3) is 22.2. The van der Waals surface area contributed by atoms with Gasteiger partial charge in [0, 0.05) is 12.3 Å². The van der Waals surface area contributed by atoms with Crippen LogP contribution in [0.2, 0.25) is 0 Å². The summed E-state index contributed by atoms with van der Waals surface area (Å²) in [6.45, 7) is 2.24. The minimum Gasteiger partial charge on any atom is -0.316 e. The molecule has 1 rings (SSSR count). The van der Waals surface area contributed by atoms with Crippen LogP contribution in [0.25, 0.3) is 0 Å². The van der Waals surface area contributed by atoms with Gasteiger partial charge in [0.2, 0.25) is 0 Å². The van der Waals surface area contributed by atoms with Crippen molar-refractivity contribution in [2.45, 2.75) is 77.0 Å². The molecule has 0 saturated heterocycles. The van der Waals surface area contributed by atoms with Crippen molar-refractivity contribution in [1.29, 1.82) is 0 Å². The largest absolute Gasteiger partial charge is 0.394 e. The predicted molar refractivity (Wildman–Crippen MR) is 99.8 cm³/mol. The first-order valence-corrected chi connectivity index (χ1v) is 11.0. The van der Waals surface area contributed by atoms with Gasteiger partial charge in [0.25, 0.3) is 0 Å². The van der Waals surface area contributed by atoms with Gasteiger partial charge in [0.1, 0.15) is 0 Å². The van der Waals surface area contributed by atoms with Gasteiger partial charge in [-0.3, -0.25) is 9.11 Å². The second-order valence-corrected chi connectivity index (χ2v) is 7.68. The lowest BCUT2D eigenvalue weighted by atomic mass is 9.93. The molecular formula is C16H35NO4S2. The van der Waals surface area contributed by atoms with Crippen LogP contribution in [0, 0.1) is 5.92 Å². The summed E-state index contributed by atoms with van der Waals surface area (Å²) in [5, 5.41) is 3.41. The lowest BCUT2D eigenvalue weighted by Gasteiger charge is -2.13. The minimum atomic E-state index is -4.67. The third-order valence-corrected chi connectivity index (χ3v) is 4.45. The molecule has 1 aliphatic rings. The summed E-state index contributed by atoms with van der Waals surface area (Å²) < 4.78 is 31.6. The highest BCUT2D eigenvalue weighted by Crippen LogP contribution is 2.27. The Morgan fingerprint density at radius 2 is 1.39 bits per heavy atom. The normalized spacial score (nSPS) is 16.5. The van der Waals surface area contributed by atoms with E-state index in [1.165, 1.54) is 83.6 Å². The average molecular weight is 370 g/mol. The van der Waals surface area contributed by atoms with Crippen molar-refractivity contribution in [1.82, 2.24) is 5.32 Å². The molecule has 0 heterocycles. The predicted octanol–water partition coefficient (Wildman–Crippen LogP) is 4.16. The molecule has 7 heteroatoms. The molecule has 23 heavy (non-hydrogen) atoms. The fourth-order valence-corrected chi connectivity index (χ4v) is 3.23. The van der Waals surface area contributed by atoms with Crippen LogP contribution in [0.15, 0.2) is 0 Å². The second-order valence-electron chi connectivity index (χ2n) is 6.34. The van der Waals surface area contributed by atoms with Crippen molar-refractivity contribution in [3.63, 3.8) is 0 Å². The first-order chi connectivity index (χ1) is 10.9. The summed E-state index contributed by atoms with van der Waals surface area (Å²) in [6.07, 6.45) is 17.7. The van der Waals surface area contributed by atoms with E-state index in [4.69, 9.17) is 17.5 Å². The second kappa shape index (κ2) is 15.7. The van der Waals surface area contributed by atoms with Gasteiger partial charge in [0.05, 0.1) is 0 Å². The van der Waals surface area contributed by atoms with Crippen LogP contribution in [0.5, 0.6) is 0 Å². The first-order valence-electron chi connectivity index (χ1n) is 8.95. The van der Waals surface area contributed by atoms with E-state index >= 15 is 0 Å². The van der Waals surface area contributed by atoms with Crippen molar-refractivity contribution < 1.29 is 17.5 Å². The summed E-state index contributed by atoms with van der Waals surface area (Å²) in [7, 11) is -4.67. The van der Waals surface area contributed by atoms with E-state index in [-0.39, 0.29) is 0 Å². The molecule has 0 unspecified atom stereocenters. The van der Waals surface area contributed by atoms with Crippen molar-refractivity contribution in [2.24, 2.45) is 5.92 Å². The molecule has 0 aromatic rings. The van der Waals surface area contributed by atoms with Crippen LogP contribution in [-0.2, 0) is 10.4 Å². The minimum absolute atomic E-state index is 0.960. The molecule has 0 amide bonds. The molecule has 0 aromatic carbocycles. The number of rotatable bonds is 10. The summed E-state index contributed by atoms with van der Waals surface area (Å²) in [5.41, 5.74) is 0. The lowest BCUT2D eigenvalue weighted by Crippen LogP contribution is -2.17. The van der Waals surface area contributed by atoms with Crippen molar-refractivity contribution in [2.75, 3.05) is 18.8 Å². The Hall–Kier alpha value is 0.180. The number of nitrogens with one attached hydrogen (secondary N) is 1. The topological polar surface area (TPSA) is 86.6 Å². The zero-order valence-electron chi connectivity index (χ0n) is 14.3. The first kappa shape index (κ1) is 23.2. The highest BCUT2D eigenvalue weighted by atomic mass is 32.3. The summed E-state index contributed by atoms with van der Waals surface area (Å²) >= 11 is 4.19. The van der Waals surface area contributed by atoms with E-state index in [1.54, 1.807) is 0 Å². The van der Waals surface area contributed by atoms with Crippen LogP contribution < -0.4 is 5.32 Å². The molecule has 1 fully saturated rings. The zero-order chi connectivity index (χ0) is 17.4. The highest BCUT2D eigenvalue weighted by Gasteiger charge is 2.11. The molecular weight excluding hydrogens is 334 g/mol. The fourth-order valence-electron chi connectivity index (χ4n) is 3.07.